The number of aromatic nitrogens is 2. The lowest BCUT2D eigenvalue weighted by molar-refractivity contribution is -0.133. The zero-order valence-electron chi connectivity index (χ0n) is 13.5. The lowest BCUT2D eigenvalue weighted by Crippen LogP contribution is -2.41. The van der Waals surface area contributed by atoms with Gasteiger partial charge in [0.05, 0.1) is 12.8 Å². The summed E-state index contributed by atoms with van der Waals surface area (Å²) in [4.78, 5) is 16.4. The number of amides is 1. The fourth-order valence-electron chi connectivity index (χ4n) is 2.05. The summed E-state index contributed by atoms with van der Waals surface area (Å²) in [6.45, 7) is 2.66. The lowest BCUT2D eigenvalue weighted by Gasteiger charge is -2.25. The summed E-state index contributed by atoms with van der Waals surface area (Å²) in [5, 5.41) is 4.06. The Balaban J connectivity index is 2.64. The first-order valence-corrected chi connectivity index (χ1v) is 7.12. The van der Waals surface area contributed by atoms with Crippen molar-refractivity contribution in [3.8, 4) is 0 Å². The molecular formula is C14H27N5O2. The Morgan fingerprint density at radius 2 is 2.14 bits per heavy atom. The Hall–Kier alpha value is -1.44. The average molecular weight is 297 g/mol. The van der Waals surface area contributed by atoms with Crippen LogP contribution < -0.4 is 5.73 Å². The van der Waals surface area contributed by atoms with Crippen LogP contribution in [0.3, 0.4) is 0 Å². The molecule has 0 radical (unpaired) electrons. The third-order valence-electron chi connectivity index (χ3n) is 3.26. The number of rotatable bonds is 9. The third-order valence-corrected chi connectivity index (χ3v) is 3.26. The molecule has 2 N–H and O–H groups in total. The molecule has 0 aliphatic carbocycles. The first-order valence-electron chi connectivity index (χ1n) is 7.12. The molecule has 0 spiro atoms. The lowest BCUT2D eigenvalue weighted by atomic mass is 10.1. The van der Waals surface area contributed by atoms with Crippen molar-refractivity contribution in [2.24, 2.45) is 12.8 Å². The van der Waals surface area contributed by atoms with E-state index in [0.29, 0.717) is 19.7 Å². The Bertz CT molecular complexity index is 433. The molecule has 7 nitrogen and oxygen atoms in total. The predicted octanol–water partition coefficient (Wildman–Crippen LogP) is -0.153. The van der Waals surface area contributed by atoms with E-state index in [1.165, 1.54) is 0 Å². The van der Waals surface area contributed by atoms with E-state index in [1.807, 2.05) is 14.1 Å². The third kappa shape index (κ3) is 5.82. The molecule has 120 valence electrons. The maximum Gasteiger partial charge on any atom is 0.244 e. The van der Waals surface area contributed by atoms with Crippen molar-refractivity contribution in [2.75, 3.05) is 47.4 Å². The topological polar surface area (TPSA) is 76.6 Å². The molecule has 0 aliphatic rings. The van der Waals surface area contributed by atoms with Gasteiger partial charge in [0.15, 0.2) is 0 Å². The van der Waals surface area contributed by atoms with Crippen LogP contribution in [0.15, 0.2) is 12.4 Å². The van der Waals surface area contributed by atoms with Crippen LogP contribution >= 0.6 is 0 Å². The van der Waals surface area contributed by atoms with Crippen LogP contribution in [0.1, 0.15) is 18.0 Å². The number of carbonyl (C=O) groups excluding carboxylic acids is 1. The molecule has 1 unspecified atom stereocenters. The van der Waals surface area contributed by atoms with Gasteiger partial charge in [-0.15, -0.1) is 0 Å². The summed E-state index contributed by atoms with van der Waals surface area (Å²) < 4.78 is 6.72. The summed E-state index contributed by atoms with van der Waals surface area (Å²) >= 11 is 0. The van der Waals surface area contributed by atoms with E-state index in [0.717, 1.165) is 18.5 Å². The van der Waals surface area contributed by atoms with Crippen LogP contribution in [0.2, 0.25) is 0 Å². The molecule has 1 aromatic heterocycles. The van der Waals surface area contributed by atoms with E-state index in [2.05, 4.69) is 10.00 Å². The monoisotopic (exact) mass is 297 g/mol. The summed E-state index contributed by atoms with van der Waals surface area (Å²) in [6.07, 6.45) is 4.32. The molecule has 0 aromatic carbocycles. The van der Waals surface area contributed by atoms with Crippen LogP contribution in [0, 0.1) is 0 Å². The molecule has 7 heteroatoms. The molecule has 1 aromatic rings. The minimum absolute atomic E-state index is 0.0844. The number of hydrogen-bond acceptors (Lipinski definition) is 5. The van der Waals surface area contributed by atoms with Crippen molar-refractivity contribution >= 4 is 5.91 Å². The molecule has 0 bridgehead atoms. The largest absolute Gasteiger partial charge is 0.383 e. The zero-order chi connectivity index (χ0) is 15.8. The molecule has 1 amide bonds. The number of hydrogen-bond donors (Lipinski definition) is 1. The average Bonchev–Trinajstić information content (AvgIpc) is 2.87. The Morgan fingerprint density at radius 3 is 2.67 bits per heavy atom. The first kappa shape index (κ1) is 17.6. The second kappa shape index (κ2) is 8.76. The molecule has 0 saturated heterocycles. The van der Waals surface area contributed by atoms with Crippen LogP contribution in [-0.4, -0.2) is 72.9 Å². The second-order valence-corrected chi connectivity index (χ2v) is 5.40. The predicted molar refractivity (Wildman–Crippen MR) is 81.8 cm³/mol. The maximum atomic E-state index is 12.5. The summed E-state index contributed by atoms with van der Waals surface area (Å²) in [7, 11) is 7.47. The molecule has 1 atom stereocenters. The zero-order valence-corrected chi connectivity index (χ0v) is 13.5. The van der Waals surface area contributed by atoms with Gasteiger partial charge in [0.2, 0.25) is 5.91 Å². The quantitative estimate of drug-likeness (QED) is 0.686. The van der Waals surface area contributed by atoms with Crippen molar-refractivity contribution in [1.82, 2.24) is 19.6 Å². The molecule has 0 aliphatic heterocycles. The smallest absolute Gasteiger partial charge is 0.244 e. The molecule has 21 heavy (non-hydrogen) atoms. The van der Waals surface area contributed by atoms with E-state index in [4.69, 9.17) is 10.5 Å². The van der Waals surface area contributed by atoms with Crippen molar-refractivity contribution in [3.05, 3.63) is 18.0 Å². The van der Waals surface area contributed by atoms with Crippen molar-refractivity contribution in [1.29, 1.82) is 0 Å². The normalized spacial score (nSPS) is 12.7. The molecule has 0 fully saturated rings. The van der Waals surface area contributed by atoms with Gasteiger partial charge in [0.25, 0.3) is 0 Å². The van der Waals surface area contributed by atoms with E-state index in [-0.39, 0.29) is 5.91 Å². The number of aryl methyl sites for hydroxylation is 1. The van der Waals surface area contributed by atoms with Crippen LogP contribution in [0.4, 0.5) is 0 Å². The first-order chi connectivity index (χ1) is 9.95. The molecule has 1 rings (SSSR count). The minimum Gasteiger partial charge on any atom is -0.383 e. The highest BCUT2D eigenvalue weighted by Gasteiger charge is 2.23. The van der Waals surface area contributed by atoms with Gasteiger partial charge in [-0.3, -0.25) is 9.48 Å². The van der Waals surface area contributed by atoms with Gasteiger partial charge in [0, 0.05) is 39.0 Å². The minimum atomic E-state index is -0.671. The van der Waals surface area contributed by atoms with Crippen molar-refractivity contribution < 1.29 is 9.53 Å². The van der Waals surface area contributed by atoms with E-state index >= 15 is 0 Å². The fourth-order valence-corrected chi connectivity index (χ4v) is 2.05. The molecule has 1 heterocycles. The number of methoxy groups -OCH3 is 1. The number of ether oxygens (including phenoxy) is 1. The Morgan fingerprint density at radius 1 is 1.43 bits per heavy atom. The number of carbonyl (C=O) groups is 1. The summed E-state index contributed by atoms with van der Waals surface area (Å²) in [6, 6.07) is -0.671. The number of nitrogens with zero attached hydrogens (tertiary/aromatic N) is 4. The SMILES string of the molecule is COCCN(CCCN(C)C)C(=O)C(N)c1cnn(C)c1. The van der Waals surface area contributed by atoms with Gasteiger partial charge in [-0.05, 0) is 27.1 Å². The summed E-state index contributed by atoms with van der Waals surface area (Å²) in [5.41, 5.74) is 6.79. The van der Waals surface area contributed by atoms with Gasteiger partial charge in [-0.1, -0.05) is 0 Å². The highest BCUT2D eigenvalue weighted by Crippen LogP contribution is 2.12. The highest BCUT2D eigenvalue weighted by molar-refractivity contribution is 5.82. The number of nitrogens with two attached hydrogens (primary N) is 1. The highest BCUT2D eigenvalue weighted by atomic mass is 16.5. The Kier molecular flexibility index (Phi) is 7.35. The van der Waals surface area contributed by atoms with E-state index in [9.17, 15) is 4.79 Å². The standard InChI is InChI=1S/C14H27N5O2/c1-17(2)6-5-7-19(8-9-21-4)14(20)13(15)12-10-16-18(3)11-12/h10-11,13H,5-9,15H2,1-4H3. The van der Waals surface area contributed by atoms with E-state index in [1.54, 1.807) is 36.1 Å². The van der Waals surface area contributed by atoms with E-state index < -0.39 is 6.04 Å². The van der Waals surface area contributed by atoms with Gasteiger partial charge in [0.1, 0.15) is 6.04 Å². The molecule has 0 saturated carbocycles. The second-order valence-electron chi connectivity index (χ2n) is 5.40. The van der Waals surface area contributed by atoms with Crippen molar-refractivity contribution in [3.63, 3.8) is 0 Å². The van der Waals surface area contributed by atoms with Gasteiger partial charge in [-0.25, -0.2) is 0 Å². The van der Waals surface area contributed by atoms with Crippen molar-refractivity contribution in [2.45, 2.75) is 12.5 Å². The van der Waals surface area contributed by atoms with Gasteiger partial charge < -0.3 is 20.3 Å². The van der Waals surface area contributed by atoms with Crippen LogP contribution in [0.25, 0.3) is 0 Å². The van der Waals surface area contributed by atoms with Gasteiger partial charge in [-0.2, -0.15) is 5.10 Å². The molecular weight excluding hydrogens is 270 g/mol. The van der Waals surface area contributed by atoms with Crippen LogP contribution in [0.5, 0.6) is 0 Å². The fraction of sp³-hybridized carbons (Fsp3) is 0.714. The van der Waals surface area contributed by atoms with Gasteiger partial charge >= 0.3 is 0 Å². The summed E-state index contributed by atoms with van der Waals surface area (Å²) in [5.74, 6) is -0.0844. The Labute approximate surface area is 126 Å². The maximum absolute atomic E-state index is 12.5. The van der Waals surface area contributed by atoms with Crippen LogP contribution in [-0.2, 0) is 16.6 Å².